The van der Waals surface area contributed by atoms with Crippen LogP contribution >= 0.6 is 0 Å². The normalized spacial score (nSPS) is 14.4. The maximum Gasteiger partial charge on any atom is 0.314 e. The topological polar surface area (TPSA) is 43.4 Å². The van der Waals surface area contributed by atoms with Gasteiger partial charge in [0.15, 0.2) is 0 Å². The highest BCUT2D eigenvalue weighted by Crippen LogP contribution is 2.11. The molecule has 1 aliphatic heterocycles. The highest BCUT2D eigenvalue weighted by molar-refractivity contribution is 5.92. The molecule has 1 aliphatic rings. The molecule has 0 N–H and O–H groups in total. The van der Waals surface area contributed by atoms with E-state index in [2.05, 4.69) is 42.8 Å². The van der Waals surface area contributed by atoms with Gasteiger partial charge in [0.1, 0.15) is 0 Å². The van der Waals surface area contributed by atoms with Gasteiger partial charge in [-0.15, -0.1) is 0 Å². The molecule has 1 aromatic rings. The monoisotopic (exact) mass is 220 g/mol. The molecule has 1 saturated heterocycles. The van der Waals surface area contributed by atoms with Crippen LogP contribution in [0.25, 0.3) is 0 Å². The van der Waals surface area contributed by atoms with Gasteiger partial charge in [-0.25, -0.2) is 0 Å². The molecule has 0 atom stereocenters. The minimum Gasteiger partial charge on any atom is -0.393 e. The van der Waals surface area contributed by atoms with Crippen LogP contribution in [0.2, 0.25) is 0 Å². The van der Waals surface area contributed by atoms with Crippen LogP contribution in [-0.4, -0.2) is 11.9 Å². The minimum absolute atomic E-state index is 0.263. The molecule has 1 aromatic carbocycles. The first kappa shape index (κ1) is 12.4. The second-order valence-electron chi connectivity index (χ2n) is 3.91. The van der Waals surface area contributed by atoms with Crippen molar-refractivity contribution in [3.63, 3.8) is 0 Å². The van der Waals surface area contributed by atoms with Crippen molar-refractivity contribution in [3.8, 4) is 0 Å². The summed E-state index contributed by atoms with van der Waals surface area (Å²) >= 11 is 0. The molecule has 86 valence electrons. The van der Waals surface area contributed by atoms with Crippen molar-refractivity contribution < 1.29 is 14.3 Å². The molecule has 16 heavy (non-hydrogen) atoms. The smallest absolute Gasteiger partial charge is 0.314 e. The third-order valence-corrected chi connectivity index (χ3v) is 2.23. The van der Waals surface area contributed by atoms with Crippen molar-refractivity contribution in [3.05, 3.63) is 35.9 Å². The lowest BCUT2D eigenvalue weighted by molar-refractivity contribution is -0.151. The van der Waals surface area contributed by atoms with E-state index < -0.39 is 11.9 Å². The lowest BCUT2D eigenvalue weighted by Crippen LogP contribution is -1.94. The Kier molecular flexibility index (Phi) is 4.70. The van der Waals surface area contributed by atoms with Crippen LogP contribution in [-0.2, 0) is 14.3 Å². The molecule has 3 nitrogen and oxygen atoms in total. The first-order chi connectivity index (χ1) is 7.59. The van der Waals surface area contributed by atoms with Gasteiger partial charge in [-0.2, -0.15) is 0 Å². The predicted octanol–water partition coefficient (Wildman–Crippen LogP) is 2.66. The third-order valence-electron chi connectivity index (χ3n) is 2.23. The van der Waals surface area contributed by atoms with Gasteiger partial charge in [0.05, 0.1) is 12.8 Å². The zero-order valence-corrected chi connectivity index (χ0v) is 9.60. The number of carbonyl (C=O) groups is 2. The summed E-state index contributed by atoms with van der Waals surface area (Å²) in [5, 5.41) is 0. The minimum atomic E-state index is -0.398. The summed E-state index contributed by atoms with van der Waals surface area (Å²) in [4.78, 5) is 20.0. The number of benzene rings is 1. The Bertz CT molecular complexity index is 341. The van der Waals surface area contributed by atoms with E-state index in [0.29, 0.717) is 5.92 Å². The summed E-state index contributed by atoms with van der Waals surface area (Å²) in [5.41, 5.74) is 1.41. The van der Waals surface area contributed by atoms with E-state index in [4.69, 9.17) is 0 Å². The molecule has 0 spiro atoms. The number of hydrogen-bond donors (Lipinski definition) is 0. The molecule has 0 aromatic heterocycles. The Morgan fingerprint density at radius 3 is 1.75 bits per heavy atom. The van der Waals surface area contributed by atoms with E-state index >= 15 is 0 Å². The van der Waals surface area contributed by atoms with Crippen LogP contribution in [0.5, 0.6) is 0 Å². The van der Waals surface area contributed by atoms with E-state index in [1.54, 1.807) is 0 Å². The predicted molar refractivity (Wildman–Crippen MR) is 60.9 cm³/mol. The number of rotatable bonds is 1. The van der Waals surface area contributed by atoms with Crippen molar-refractivity contribution >= 4 is 11.9 Å². The summed E-state index contributed by atoms with van der Waals surface area (Å²) in [6.45, 7) is 4.41. The number of hydrogen-bond acceptors (Lipinski definition) is 3. The molecule has 0 aliphatic carbocycles. The molecule has 0 bridgehead atoms. The van der Waals surface area contributed by atoms with Gasteiger partial charge in [0.2, 0.25) is 0 Å². The van der Waals surface area contributed by atoms with E-state index in [1.807, 2.05) is 6.07 Å². The molecule has 2 rings (SSSR count). The average Bonchev–Trinajstić information content (AvgIpc) is 2.65. The van der Waals surface area contributed by atoms with Crippen LogP contribution < -0.4 is 0 Å². The lowest BCUT2D eigenvalue weighted by atomic mass is 10.0. The van der Waals surface area contributed by atoms with Gasteiger partial charge in [0, 0.05) is 0 Å². The molecular formula is C13H16O3. The molecule has 3 heteroatoms. The molecule has 1 fully saturated rings. The van der Waals surface area contributed by atoms with E-state index in [9.17, 15) is 9.59 Å². The zero-order valence-electron chi connectivity index (χ0n) is 9.60. The highest BCUT2D eigenvalue weighted by atomic mass is 16.6. The largest absolute Gasteiger partial charge is 0.393 e. The fourth-order valence-corrected chi connectivity index (χ4v) is 1.27. The number of esters is 2. The average molecular weight is 220 g/mol. The number of ether oxygens (including phenoxy) is 1. The van der Waals surface area contributed by atoms with Crippen molar-refractivity contribution in [1.82, 2.24) is 0 Å². The molecular weight excluding hydrogens is 204 g/mol. The zero-order chi connectivity index (χ0) is 12.0. The molecule has 0 amide bonds. The first-order valence-corrected chi connectivity index (χ1v) is 5.38. The van der Waals surface area contributed by atoms with Gasteiger partial charge >= 0.3 is 11.9 Å². The van der Waals surface area contributed by atoms with Gasteiger partial charge in [-0.3, -0.25) is 9.59 Å². The maximum absolute atomic E-state index is 10.0. The van der Waals surface area contributed by atoms with E-state index in [0.717, 1.165) is 0 Å². The van der Waals surface area contributed by atoms with Crippen LogP contribution in [0.1, 0.15) is 38.2 Å². The first-order valence-electron chi connectivity index (χ1n) is 5.38. The second kappa shape index (κ2) is 6.05. The molecule has 0 radical (unpaired) electrons. The fourth-order valence-electron chi connectivity index (χ4n) is 1.27. The van der Waals surface area contributed by atoms with Crippen molar-refractivity contribution in [2.45, 2.75) is 32.6 Å². The summed E-state index contributed by atoms with van der Waals surface area (Å²) in [6, 6.07) is 10.5. The fraction of sp³-hybridized carbons (Fsp3) is 0.385. The SMILES string of the molecule is CC(C)c1ccccc1.O=C1CCC(=O)O1. The molecule has 0 saturated carbocycles. The van der Waals surface area contributed by atoms with Gasteiger partial charge < -0.3 is 4.74 Å². The van der Waals surface area contributed by atoms with E-state index in [-0.39, 0.29) is 12.8 Å². The Hall–Kier alpha value is -1.64. The highest BCUT2D eigenvalue weighted by Gasteiger charge is 2.19. The van der Waals surface area contributed by atoms with Crippen LogP contribution in [0, 0.1) is 0 Å². The third kappa shape index (κ3) is 4.26. The maximum atomic E-state index is 10.0. The van der Waals surface area contributed by atoms with Crippen LogP contribution in [0.4, 0.5) is 0 Å². The second-order valence-corrected chi connectivity index (χ2v) is 3.91. The summed E-state index contributed by atoms with van der Waals surface area (Å²) in [5.74, 6) is -0.138. The van der Waals surface area contributed by atoms with Gasteiger partial charge in [0.25, 0.3) is 0 Å². The quantitative estimate of drug-likeness (QED) is 0.539. The number of cyclic esters (lactones) is 2. The lowest BCUT2D eigenvalue weighted by Gasteiger charge is -2.01. The summed E-state index contributed by atoms with van der Waals surface area (Å²) < 4.78 is 4.08. The van der Waals surface area contributed by atoms with Crippen LogP contribution in [0.3, 0.4) is 0 Å². The summed E-state index contributed by atoms with van der Waals surface area (Å²) in [6.07, 6.45) is 0.525. The number of carbonyl (C=O) groups excluding carboxylic acids is 2. The Morgan fingerprint density at radius 1 is 1.00 bits per heavy atom. The van der Waals surface area contributed by atoms with Crippen molar-refractivity contribution in [2.75, 3.05) is 0 Å². The van der Waals surface area contributed by atoms with E-state index in [1.165, 1.54) is 5.56 Å². The van der Waals surface area contributed by atoms with Gasteiger partial charge in [-0.1, -0.05) is 44.2 Å². The molecule has 0 unspecified atom stereocenters. The summed E-state index contributed by atoms with van der Waals surface area (Å²) in [7, 11) is 0. The Labute approximate surface area is 95.4 Å². The Balaban J connectivity index is 0.000000165. The standard InChI is InChI=1S/C9H12.C4H4O3/c1-8(2)9-6-4-3-5-7-9;5-3-1-2-4(6)7-3/h3-8H,1-2H3;1-2H2. The molecule has 1 heterocycles. The van der Waals surface area contributed by atoms with Crippen LogP contribution in [0.15, 0.2) is 30.3 Å². The van der Waals surface area contributed by atoms with Crippen molar-refractivity contribution in [1.29, 1.82) is 0 Å². The van der Waals surface area contributed by atoms with Gasteiger partial charge in [-0.05, 0) is 11.5 Å². The Morgan fingerprint density at radius 2 is 1.50 bits per heavy atom. The van der Waals surface area contributed by atoms with Crippen molar-refractivity contribution in [2.24, 2.45) is 0 Å².